The van der Waals surface area contributed by atoms with Crippen molar-refractivity contribution in [1.82, 2.24) is 4.90 Å². The highest BCUT2D eigenvalue weighted by Gasteiger charge is 2.16. The molecule has 0 amide bonds. The number of piperidine rings is 1. The van der Waals surface area contributed by atoms with Gasteiger partial charge in [-0.2, -0.15) is 0 Å². The average Bonchev–Trinajstić information content (AvgIpc) is 2.46. The summed E-state index contributed by atoms with van der Waals surface area (Å²) in [5, 5.41) is 3.44. The van der Waals surface area contributed by atoms with Crippen molar-refractivity contribution in [2.75, 3.05) is 39.1 Å². The summed E-state index contributed by atoms with van der Waals surface area (Å²) in [5.74, 6) is 0.457. The number of nitrogens with one attached hydrogen (secondary N) is 1. The van der Waals surface area contributed by atoms with Crippen LogP contribution in [0.1, 0.15) is 23.2 Å². The van der Waals surface area contributed by atoms with Crippen LogP contribution in [0.25, 0.3) is 0 Å². The molecule has 1 aromatic carbocycles. The highest BCUT2D eigenvalue weighted by Crippen LogP contribution is 2.17. The standard InChI is InChI=1S/C15H22N2O2/c1-17-9-7-12(8-10-17)11-16-14-5-3-13(4-6-14)15(18)19-2/h3-6,12,16H,7-11H2,1-2H3. The minimum atomic E-state index is -0.290. The van der Waals surface area contributed by atoms with E-state index >= 15 is 0 Å². The molecule has 104 valence electrons. The maximum Gasteiger partial charge on any atom is 0.337 e. The van der Waals surface area contributed by atoms with Gasteiger partial charge in [-0.05, 0) is 63.2 Å². The van der Waals surface area contributed by atoms with Crippen molar-refractivity contribution in [1.29, 1.82) is 0 Å². The van der Waals surface area contributed by atoms with Crippen molar-refractivity contribution < 1.29 is 9.53 Å². The van der Waals surface area contributed by atoms with Crippen molar-refractivity contribution in [2.45, 2.75) is 12.8 Å². The van der Waals surface area contributed by atoms with E-state index in [-0.39, 0.29) is 5.97 Å². The van der Waals surface area contributed by atoms with Crippen LogP contribution in [0.4, 0.5) is 5.69 Å². The number of hydrogen-bond acceptors (Lipinski definition) is 4. The summed E-state index contributed by atoms with van der Waals surface area (Å²) in [6.45, 7) is 3.38. The van der Waals surface area contributed by atoms with Crippen molar-refractivity contribution >= 4 is 11.7 Å². The van der Waals surface area contributed by atoms with Gasteiger partial charge in [-0.25, -0.2) is 4.79 Å². The number of esters is 1. The first kappa shape index (κ1) is 13.9. The van der Waals surface area contributed by atoms with Gasteiger partial charge in [0.25, 0.3) is 0 Å². The molecule has 0 radical (unpaired) electrons. The molecule has 0 unspecified atom stereocenters. The lowest BCUT2D eigenvalue weighted by atomic mass is 9.97. The molecule has 1 aliphatic heterocycles. The molecule has 0 aromatic heterocycles. The van der Waals surface area contributed by atoms with Crippen LogP contribution in [-0.4, -0.2) is 44.7 Å². The van der Waals surface area contributed by atoms with Crippen LogP contribution >= 0.6 is 0 Å². The Kier molecular flexibility index (Phi) is 4.80. The van der Waals surface area contributed by atoms with E-state index in [1.54, 1.807) is 12.1 Å². The minimum Gasteiger partial charge on any atom is -0.465 e. The number of benzene rings is 1. The lowest BCUT2D eigenvalue weighted by molar-refractivity contribution is 0.0601. The molecular weight excluding hydrogens is 240 g/mol. The molecule has 0 spiro atoms. The summed E-state index contributed by atoms with van der Waals surface area (Å²) in [6, 6.07) is 7.45. The third-order valence-electron chi connectivity index (χ3n) is 3.74. The first-order valence-electron chi connectivity index (χ1n) is 6.80. The molecule has 1 aromatic rings. The van der Waals surface area contributed by atoms with Crippen LogP contribution in [0.2, 0.25) is 0 Å². The van der Waals surface area contributed by atoms with Crippen LogP contribution in [0.5, 0.6) is 0 Å². The Bertz CT molecular complexity index is 409. The van der Waals surface area contributed by atoms with Gasteiger partial charge in [0.2, 0.25) is 0 Å². The van der Waals surface area contributed by atoms with E-state index < -0.39 is 0 Å². The quantitative estimate of drug-likeness (QED) is 0.845. The van der Waals surface area contributed by atoms with Crippen LogP contribution < -0.4 is 5.32 Å². The molecule has 1 heterocycles. The predicted molar refractivity (Wildman–Crippen MR) is 76.5 cm³/mol. The number of carbonyl (C=O) groups excluding carboxylic acids is 1. The highest BCUT2D eigenvalue weighted by atomic mass is 16.5. The fourth-order valence-electron chi connectivity index (χ4n) is 2.37. The lowest BCUT2D eigenvalue weighted by Gasteiger charge is -2.29. The zero-order chi connectivity index (χ0) is 13.7. The summed E-state index contributed by atoms with van der Waals surface area (Å²) in [7, 11) is 3.57. The Morgan fingerprint density at radius 1 is 1.32 bits per heavy atom. The molecule has 0 aliphatic carbocycles. The molecule has 0 bridgehead atoms. The van der Waals surface area contributed by atoms with Gasteiger partial charge in [0.05, 0.1) is 12.7 Å². The molecule has 19 heavy (non-hydrogen) atoms. The van der Waals surface area contributed by atoms with Gasteiger partial charge < -0.3 is 15.0 Å². The third-order valence-corrected chi connectivity index (χ3v) is 3.74. The second kappa shape index (κ2) is 6.57. The van der Waals surface area contributed by atoms with Crippen molar-refractivity contribution in [3.05, 3.63) is 29.8 Å². The van der Waals surface area contributed by atoms with Gasteiger partial charge in [-0.3, -0.25) is 0 Å². The molecule has 1 fully saturated rings. The maximum absolute atomic E-state index is 11.3. The fraction of sp³-hybridized carbons (Fsp3) is 0.533. The van der Waals surface area contributed by atoms with Crippen LogP contribution in [0.15, 0.2) is 24.3 Å². The Balaban J connectivity index is 1.81. The Hall–Kier alpha value is -1.55. The Labute approximate surface area is 114 Å². The second-order valence-corrected chi connectivity index (χ2v) is 5.20. The van der Waals surface area contributed by atoms with E-state index in [9.17, 15) is 4.79 Å². The van der Waals surface area contributed by atoms with E-state index in [1.165, 1.54) is 33.0 Å². The zero-order valence-corrected chi connectivity index (χ0v) is 11.7. The van der Waals surface area contributed by atoms with E-state index in [0.29, 0.717) is 5.56 Å². The highest BCUT2D eigenvalue weighted by molar-refractivity contribution is 5.89. The summed E-state index contributed by atoms with van der Waals surface area (Å²) in [5.41, 5.74) is 1.65. The van der Waals surface area contributed by atoms with Gasteiger partial charge in [0, 0.05) is 12.2 Å². The van der Waals surface area contributed by atoms with E-state index in [4.69, 9.17) is 0 Å². The van der Waals surface area contributed by atoms with Gasteiger partial charge in [0.1, 0.15) is 0 Å². The summed E-state index contributed by atoms with van der Waals surface area (Å²) in [6.07, 6.45) is 2.51. The normalized spacial score (nSPS) is 17.2. The first-order chi connectivity index (χ1) is 9.19. The van der Waals surface area contributed by atoms with Crippen LogP contribution in [0.3, 0.4) is 0 Å². The van der Waals surface area contributed by atoms with Gasteiger partial charge in [-0.1, -0.05) is 0 Å². The molecule has 0 saturated carbocycles. The number of likely N-dealkylation sites (tertiary alicyclic amines) is 1. The fourth-order valence-corrected chi connectivity index (χ4v) is 2.37. The van der Waals surface area contributed by atoms with Crippen LogP contribution in [0, 0.1) is 5.92 Å². The number of hydrogen-bond donors (Lipinski definition) is 1. The zero-order valence-electron chi connectivity index (χ0n) is 11.7. The van der Waals surface area contributed by atoms with Crippen molar-refractivity contribution in [3.8, 4) is 0 Å². The number of nitrogens with zero attached hydrogens (tertiary/aromatic N) is 1. The summed E-state index contributed by atoms with van der Waals surface area (Å²) in [4.78, 5) is 13.7. The second-order valence-electron chi connectivity index (χ2n) is 5.20. The third kappa shape index (κ3) is 3.96. The van der Waals surface area contributed by atoms with E-state index in [0.717, 1.165) is 18.2 Å². The summed E-state index contributed by atoms with van der Waals surface area (Å²) < 4.78 is 4.68. The SMILES string of the molecule is COC(=O)c1ccc(NCC2CCN(C)CC2)cc1. The molecule has 4 nitrogen and oxygen atoms in total. The maximum atomic E-state index is 11.3. The first-order valence-corrected chi connectivity index (χ1v) is 6.80. The average molecular weight is 262 g/mol. The molecular formula is C15H22N2O2. The molecule has 1 saturated heterocycles. The molecule has 1 aliphatic rings. The van der Waals surface area contributed by atoms with E-state index in [1.807, 2.05) is 12.1 Å². The van der Waals surface area contributed by atoms with Gasteiger partial charge >= 0.3 is 5.97 Å². The van der Waals surface area contributed by atoms with Gasteiger partial charge in [-0.15, -0.1) is 0 Å². The number of rotatable bonds is 4. The van der Waals surface area contributed by atoms with Crippen LogP contribution in [-0.2, 0) is 4.74 Å². The monoisotopic (exact) mass is 262 g/mol. The number of methoxy groups -OCH3 is 1. The predicted octanol–water partition coefficient (Wildman–Crippen LogP) is 2.23. The molecule has 2 rings (SSSR count). The van der Waals surface area contributed by atoms with E-state index in [2.05, 4.69) is 22.0 Å². The number of anilines is 1. The number of ether oxygens (including phenoxy) is 1. The lowest BCUT2D eigenvalue weighted by Crippen LogP contribution is -2.32. The Morgan fingerprint density at radius 2 is 1.95 bits per heavy atom. The summed E-state index contributed by atoms with van der Waals surface area (Å²) >= 11 is 0. The molecule has 0 atom stereocenters. The molecule has 4 heteroatoms. The Morgan fingerprint density at radius 3 is 2.53 bits per heavy atom. The smallest absolute Gasteiger partial charge is 0.337 e. The van der Waals surface area contributed by atoms with Gasteiger partial charge in [0.15, 0.2) is 0 Å². The topological polar surface area (TPSA) is 41.6 Å². The largest absolute Gasteiger partial charge is 0.465 e. The van der Waals surface area contributed by atoms with Crippen molar-refractivity contribution in [2.24, 2.45) is 5.92 Å². The molecule has 1 N–H and O–H groups in total. The van der Waals surface area contributed by atoms with Crippen molar-refractivity contribution in [3.63, 3.8) is 0 Å². The minimum absolute atomic E-state index is 0.290. The number of carbonyl (C=O) groups is 1.